The normalized spacial score (nSPS) is 9.91. The van der Waals surface area contributed by atoms with E-state index in [1.807, 2.05) is 54.6 Å². The Kier molecular flexibility index (Phi) is 9.56. The lowest BCUT2D eigenvalue weighted by atomic mass is 10.3. The number of nitrogen functional groups attached to an aromatic ring is 1. The van der Waals surface area contributed by atoms with Crippen LogP contribution in [0.5, 0.6) is 0 Å². The maximum absolute atomic E-state index is 10.2. The Hall–Kier alpha value is -2.59. The summed E-state index contributed by atoms with van der Waals surface area (Å²) >= 11 is 12.3. The van der Waals surface area contributed by atoms with Gasteiger partial charge in [-0.25, -0.2) is 15.0 Å². The molecule has 2 aromatic carbocycles. The van der Waals surface area contributed by atoms with Crippen molar-refractivity contribution in [2.24, 2.45) is 0 Å². The number of benzene rings is 2. The second-order valence-electron chi connectivity index (χ2n) is 6.39. The number of para-hydroxylation sites is 2. The van der Waals surface area contributed by atoms with Gasteiger partial charge in [-0.3, -0.25) is 4.79 Å². The molecule has 5 aromatic rings. The molecule has 3 heterocycles. The van der Waals surface area contributed by atoms with E-state index in [4.69, 9.17) is 5.73 Å². The summed E-state index contributed by atoms with van der Waals surface area (Å²) in [7, 11) is 0. The fourth-order valence-electron chi connectivity index (χ4n) is 2.51. The number of fused-ring (bicyclic) bond motifs is 1. The molecule has 0 spiro atoms. The molecule has 0 aliphatic carbocycles. The molecular weight excluding hydrogens is 584 g/mol. The van der Waals surface area contributed by atoms with Crippen LogP contribution in [0.4, 0.5) is 5.69 Å². The van der Waals surface area contributed by atoms with E-state index in [1.54, 1.807) is 35.9 Å². The van der Waals surface area contributed by atoms with Crippen molar-refractivity contribution in [1.82, 2.24) is 15.0 Å². The first-order chi connectivity index (χ1) is 16.0. The number of carbonyl (C=O) groups is 1. The van der Waals surface area contributed by atoms with Crippen LogP contribution in [0.1, 0.15) is 10.4 Å². The number of thiazole rings is 1. The lowest BCUT2D eigenvalue weighted by Crippen LogP contribution is -1.83. The second kappa shape index (κ2) is 12.6. The van der Waals surface area contributed by atoms with Crippen molar-refractivity contribution >= 4 is 78.0 Å². The predicted octanol–water partition coefficient (Wildman–Crippen LogP) is 7.33. The van der Waals surface area contributed by atoms with Gasteiger partial charge in [0, 0.05) is 34.1 Å². The minimum atomic E-state index is 0.581. The van der Waals surface area contributed by atoms with Crippen LogP contribution >= 0.6 is 55.8 Å². The van der Waals surface area contributed by atoms with Gasteiger partial charge in [-0.15, -0.1) is 24.0 Å². The molecule has 0 saturated heterocycles. The zero-order valence-electron chi connectivity index (χ0n) is 17.1. The molecular formula is C24H18Br2N4OS2. The van der Waals surface area contributed by atoms with Crippen LogP contribution < -0.4 is 5.73 Å². The van der Waals surface area contributed by atoms with Crippen LogP contribution in [0, 0.1) is 0 Å². The van der Waals surface area contributed by atoms with E-state index < -0.39 is 0 Å². The van der Waals surface area contributed by atoms with Gasteiger partial charge < -0.3 is 5.73 Å². The average molecular weight is 602 g/mol. The van der Waals surface area contributed by atoms with Crippen LogP contribution in [-0.4, -0.2) is 21.2 Å². The van der Waals surface area contributed by atoms with Crippen molar-refractivity contribution in [3.05, 3.63) is 100.0 Å². The van der Waals surface area contributed by atoms with Crippen LogP contribution in [0.2, 0.25) is 0 Å². The Morgan fingerprint density at radius 3 is 2.09 bits per heavy atom. The third-order valence-electron chi connectivity index (χ3n) is 4.14. The molecule has 0 atom stereocenters. The first-order valence-electron chi connectivity index (χ1n) is 9.55. The van der Waals surface area contributed by atoms with Crippen molar-refractivity contribution in [2.75, 3.05) is 5.73 Å². The van der Waals surface area contributed by atoms with Gasteiger partial charge >= 0.3 is 0 Å². The Balaban J connectivity index is 0.000000153. The highest BCUT2D eigenvalue weighted by Crippen LogP contribution is 2.33. The summed E-state index contributed by atoms with van der Waals surface area (Å²) in [5.41, 5.74) is 8.84. The summed E-state index contributed by atoms with van der Waals surface area (Å²) in [6.07, 6.45) is 4.15. The summed E-state index contributed by atoms with van der Waals surface area (Å²) in [4.78, 5) is 23.6. The molecule has 2 N–H and O–H groups in total. The third kappa shape index (κ3) is 7.20. The Morgan fingerprint density at radius 1 is 0.848 bits per heavy atom. The van der Waals surface area contributed by atoms with Crippen molar-refractivity contribution in [1.29, 1.82) is 0 Å². The standard InChI is InChI=1S/C12H7BrN2S.C6H4BrNO.C6H7NS/c13-11-8(4-3-7-14-11)12-15-9-5-1-2-6-10(9)16-12;7-6-5(4-9)2-1-3-8-6;7-5-3-1-2-4-6(5)8/h1-7H;1-4H;1-4,8H,7H2. The summed E-state index contributed by atoms with van der Waals surface area (Å²) in [5.74, 6) is 0. The van der Waals surface area contributed by atoms with E-state index in [9.17, 15) is 4.79 Å². The van der Waals surface area contributed by atoms with Crippen LogP contribution in [0.25, 0.3) is 20.8 Å². The fraction of sp³-hybridized carbons (Fsp3) is 0. The van der Waals surface area contributed by atoms with E-state index in [0.717, 1.165) is 37.6 Å². The number of anilines is 1. The van der Waals surface area contributed by atoms with Crippen LogP contribution in [0.3, 0.4) is 0 Å². The van der Waals surface area contributed by atoms with Crippen LogP contribution in [-0.2, 0) is 0 Å². The number of aldehydes is 1. The molecule has 0 fully saturated rings. The quantitative estimate of drug-likeness (QED) is 0.0957. The van der Waals surface area contributed by atoms with Crippen LogP contribution in [0.15, 0.2) is 99.3 Å². The molecule has 0 amide bonds. The second-order valence-corrected chi connectivity index (χ2v) is 9.40. The molecule has 0 radical (unpaired) electrons. The number of thiol groups is 1. The topological polar surface area (TPSA) is 81.8 Å². The number of carbonyl (C=O) groups excluding carboxylic acids is 1. The number of halogens is 2. The molecule has 33 heavy (non-hydrogen) atoms. The van der Waals surface area contributed by atoms with Crippen molar-refractivity contribution in [2.45, 2.75) is 4.90 Å². The zero-order chi connectivity index (χ0) is 23.6. The maximum atomic E-state index is 10.2. The summed E-state index contributed by atoms with van der Waals surface area (Å²) < 4.78 is 2.64. The van der Waals surface area contributed by atoms with Gasteiger partial charge in [0.2, 0.25) is 0 Å². The average Bonchev–Trinajstić information content (AvgIpc) is 3.27. The Bertz CT molecular complexity index is 1310. The molecule has 0 aliphatic heterocycles. The number of hydrogen-bond donors (Lipinski definition) is 2. The van der Waals surface area contributed by atoms with Gasteiger partial charge in [0.15, 0.2) is 6.29 Å². The minimum Gasteiger partial charge on any atom is -0.398 e. The lowest BCUT2D eigenvalue weighted by molar-refractivity contribution is 0.112. The van der Waals surface area contributed by atoms with Crippen molar-refractivity contribution in [3.63, 3.8) is 0 Å². The first-order valence-corrected chi connectivity index (χ1v) is 12.4. The SMILES string of the molecule is Brc1ncccc1-c1nc2ccccc2s1.Nc1ccccc1S.O=Cc1cccnc1Br. The third-order valence-corrected chi connectivity index (χ3v) is 6.91. The molecule has 9 heteroatoms. The molecule has 3 aromatic heterocycles. The minimum absolute atomic E-state index is 0.581. The van der Waals surface area contributed by atoms with Gasteiger partial charge in [0.1, 0.15) is 14.2 Å². The highest BCUT2D eigenvalue weighted by molar-refractivity contribution is 9.10. The van der Waals surface area contributed by atoms with Gasteiger partial charge in [-0.1, -0.05) is 24.3 Å². The predicted molar refractivity (Wildman–Crippen MR) is 146 cm³/mol. The van der Waals surface area contributed by atoms with Crippen molar-refractivity contribution in [3.8, 4) is 10.6 Å². The molecule has 5 nitrogen and oxygen atoms in total. The smallest absolute Gasteiger partial charge is 0.152 e. The highest BCUT2D eigenvalue weighted by atomic mass is 79.9. The highest BCUT2D eigenvalue weighted by Gasteiger charge is 2.08. The van der Waals surface area contributed by atoms with Gasteiger partial charge in [-0.2, -0.15) is 0 Å². The summed E-state index contributed by atoms with van der Waals surface area (Å²) in [6.45, 7) is 0. The number of nitrogens with two attached hydrogens (primary N) is 1. The molecule has 0 aliphatic rings. The zero-order valence-corrected chi connectivity index (χ0v) is 22.0. The maximum Gasteiger partial charge on any atom is 0.152 e. The largest absolute Gasteiger partial charge is 0.398 e. The molecule has 5 rings (SSSR count). The summed E-state index contributed by atoms with van der Waals surface area (Å²) in [5, 5.41) is 1.00. The van der Waals surface area contributed by atoms with Crippen molar-refractivity contribution < 1.29 is 4.79 Å². The number of rotatable bonds is 2. The molecule has 0 bridgehead atoms. The van der Waals surface area contributed by atoms with E-state index in [0.29, 0.717) is 10.2 Å². The van der Waals surface area contributed by atoms with E-state index in [2.05, 4.69) is 65.5 Å². The Morgan fingerprint density at radius 2 is 1.52 bits per heavy atom. The lowest BCUT2D eigenvalue weighted by Gasteiger charge is -1.96. The fourth-order valence-corrected chi connectivity index (χ4v) is 4.57. The molecule has 0 unspecified atom stereocenters. The monoisotopic (exact) mass is 600 g/mol. The number of hydrogen-bond acceptors (Lipinski definition) is 7. The van der Waals surface area contributed by atoms with E-state index in [1.165, 1.54) is 4.70 Å². The Labute approximate surface area is 217 Å². The summed E-state index contributed by atoms with van der Waals surface area (Å²) in [6, 6.07) is 23.0. The molecule has 0 saturated carbocycles. The number of nitrogens with zero attached hydrogens (tertiary/aromatic N) is 3. The van der Waals surface area contributed by atoms with E-state index >= 15 is 0 Å². The van der Waals surface area contributed by atoms with E-state index in [-0.39, 0.29) is 0 Å². The van der Waals surface area contributed by atoms with Gasteiger partial charge in [-0.05, 0) is 80.4 Å². The van der Waals surface area contributed by atoms with Gasteiger partial charge in [0.05, 0.1) is 10.2 Å². The molecule has 166 valence electrons. The first kappa shape index (κ1) is 25.0. The number of aromatic nitrogens is 3. The van der Waals surface area contributed by atoms with Gasteiger partial charge in [0.25, 0.3) is 0 Å². The number of pyridine rings is 2.